The number of ether oxygens (including phenoxy) is 1. The maximum absolute atomic E-state index is 12.6. The van der Waals surface area contributed by atoms with Crippen LogP contribution < -0.4 is 9.46 Å². The Hall–Kier alpha value is -2.32. The monoisotopic (exact) mass is 404 g/mol. The molecule has 4 rings (SSSR count). The Bertz CT molecular complexity index is 1020. The van der Waals surface area contributed by atoms with E-state index in [0.29, 0.717) is 29.7 Å². The summed E-state index contributed by atoms with van der Waals surface area (Å²) in [5, 5.41) is 0. The number of sulfonamides is 1. The summed E-state index contributed by atoms with van der Waals surface area (Å²) in [5.74, 6) is 2.47. The van der Waals surface area contributed by atoms with Gasteiger partial charge in [0.15, 0.2) is 11.7 Å². The van der Waals surface area contributed by atoms with Crippen LogP contribution >= 0.6 is 11.3 Å². The first-order valence-electron chi connectivity index (χ1n) is 8.87. The van der Waals surface area contributed by atoms with Crippen LogP contribution in [0.5, 0.6) is 5.75 Å². The molecule has 0 radical (unpaired) electrons. The molecule has 3 aromatic rings. The fourth-order valence-corrected chi connectivity index (χ4v) is 5.15. The number of nitrogens with zero attached hydrogens (tertiary/aromatic N) is 1. The number of benzene rings is 1. The van der Waals surface area contributed by atoms with E-state index in [4.69, 9.17) is 9.15 Å². The van der Waals surface area contributed by atoms with Crippen LogP contribution in [0.4, 0.5) is 5.69 Å². The van der Waals surface area contributed by atoms with Crippen molar-refractivity contribution < 1.29 is 17.6 Å². The summed E-state index contributed by atoms with van der Waals surface area (Å²) >= 11 is 1.17. The highest BCUT2D eigenvalue weighted by atomic mass is 32.2. The van der Waals surface area contributed by atoms with Gasteiger partial charge in [-0.1, -0.05) is 6.42 Å². The Labute approximate surface area is 162 Å². The summed E-state index contributed by atoms with van der Waals surface area (Å²) in [6.45, 7) is 2.46. The van der Waals surface area contributed by atoms with Crippen LogP contribution in [0.2, 0.25) is 0 Å². The van der Waals surface area contributed by atoms with E-state index in [-0.39, 0.29) is 4.21 Å². The van der Waals surface area contributed by atoms with Gasteiger partial charge in [0.05, 0.1) is 17.7 Å². The molecule has 0 unspecified atom stereocenters. The number of rotatable bonds is 7. The minimum Gasteiger partial charge on any atom is -0.494 e. The third-order valence-corrected chi connectivity index (χ3v) is 7.46. The van der Waals surface area contributed by atoms with Crippen LogP contribution in [0.15, 0.2) is 51.2 Å². The van der Waals surface area contributed by atoms with Crippen molar-refractivity contribution in [2.45, 2.75) is 36.3 Å². The van der Waals surface area contributed by atoms with Crippen molar-refractivity contribution in [3.8, 4) is 16.4 Å². The predicted molar refractivity (Wildman–Crippen MR) is 105 cm³/mol. The Morgan fingerprint density at radius 3 is 2.67 bits per heavy atom. The van der Waals surface area contributed by atoms with Gasteiger partial charge in [0, 0.05) is 11.6 Å². The first-order chi connectivity index (χ1) is 13.0. The number of thiophene rings is 1. The zero-order valence-corrected chi connectivity index (χ0v) is 16.5. The Kier molecular flexibility index (Phi) is 4.92. The molecule has 1 N–H and O–H groups in total. The fourth-order valence-electron chi connectivity index (χ4n) is 2.83. The van der Waals surface area contributed by atoms with Gasteiger partial charge in [-0.25, -0.2) is 13.4 Å². The molecule has 1 fully saturated rings. The van der Waals surface area contributed by atoms with Gasteiger partial charge in [-0.2, -0.15) is 0 Å². The van der Waals surface area contributed by atoms with Gasteiger partial charge in [-0.05, 0) is 56.2 Å². The van der Waals surface area contributed by atoms with Crippen molar-refractivity contribution in [3.05, 3.63) is 48.5 Å². The highest BCUT2D eigenvalue weighted by Gasteiger charge is 2.25. The maximum atomic E-state index is 12.6. The molecule has 0 spiro atoms. The van der Waals surface area contributed by atoms with Gasteiger partial charge in [-0.15, -0.1) is 11.3 Å². The molecule has 2 heterocycles. The minimum absolute atomic E-state index is 0.230. The Balaban J connectivity index is 1.50. The molecule has 8 heteroatoms. The summed E-state index contributed by atoms with van der Waals surface area (Å²) in [6, 6.07) is 10.2. The van der Waals surface area contributed by atoms with Crippen LogP contribution in [-0.2, 0) is 10.0 Å². The Morgan fingerprint density at radius 1 is 1.22 bits per heavy atom. The number of nitrogens with one attached hydrogen (secondary N) is 1. The van der Waals surface area contributed by atoms with Crippen molar-refractivity contribution in [2.75, 3.05) is 11.3 Å². The number of aromatic nitrogens is 1. The predicted octanol–water partition coefficient (Wildman–Crippen LogP) is 4.87. The van der Waals surface area contributed by atoms with E-state index in [0.717, 1.165) is 23.6 Å². The largest absolute Gasteiger partial charge is 0.494 e. The van der Waals surface area contributed by atoms with E-state index < -0.39 is 10.0 Å². The third kappa shape index (κ3) is 3.86. The number of hydrogen-bond acceptors (Lipinski definition) is 6. The second kappa shape index (κ2) is 7.36. The highest BCUT2D eigenvalue weighted by molar-refractivity contribution is 7.94. The molecule has 0 atom stereocenters. The van der Waals surface area contributed by atoms with Gasteiger partial charge >= 0.3 is 0 Å². The fraction of sp³-hybridized carbons (Fsp3) is 0.316. The topological polar surface area (TPSA) is 81.4 Å². The van der Waals surface area contributed by atoms with Crippen LogP contribution in [0, 0.1) is 0 Å². The van der Waals surface area contributed by atoms with Gasteiger partial charge in [0.2, 0.25) is 0 Å². The molecule has 2 aromatic heterocycles. The average molecular weight is 405 g/mol. The number of anilines is 1. The molecule has 1 saturated carbocycles. The molecule has 0 amide bonds. The highest BCUT2D eigenvalue weighted by Crippen LogP contribution is 2.38. The molecule has 1 aliphatic rings. The normalized spacial score (nSPS) is 14.7. The molecule has 1 aliphatic carbocycles. The van der Waals surface area contributed by atoms with E-state index in [1.807, 2.05) is 6.92 Å². The van der Waals surface area contributed by atoms with E-state index >= 15 is 0 Å². The molecule has 0 saturated heterocycles. The zero-order chi connectivity index (χ0) is 18.9. The van der Waals surface area contributed by atoms with Crippen molar-refractivity contribution in [3.63, 3.8) is 0 Å². The summed E-state index contributed by atoms with van der Waals surface area (Å²) in [4.78, 5) is 5.09. The second-order valence-electron chi connectivity index (χ2n) is 6.37. The van der Waals surface area contributed by atoms with Crippen LogP contribution in [-0.4, -0.2) is 20.0 Å². The molecule has 0 bridgehead atoms. The van der Waals surface area contributed by atoms with E-state index in [2.05, 4.69) is 9.71 Å². The maximum Gasteiger partial charge on any atom is 0.271 e. The van der Waals surface area contributed by atoms with E-state index in [9.17, 15) is 8.42 Å². The van der Waals surface area contributed by atoms with Crippen LogP contribution in [0.3, 0.4) is 0 Å². The summed E-state index contributed by atoms with van der Waals surface area (Å²) in [6.07, 6.45) is 5.10. The van der Waals surface area contributed by atoms with Crippen LogP contribution in [0.25, 0.3) is 10.6 Å². The average Bonchev–Trinajstić information content (AvgIpc) is 3.24. The first-order valence-corrected chi connectivity index (χ1v) is 11.2. The van der Waals surface area contributed by atoms with Gasteiger partial charge in [0.1, 0.15) is 9.96 Å². The Morgan fingerprint density at radius 2 is 2.00 bits per heavy atom. The third-order valence-electron chi connectivity index (χ3n) is 4.48. The molecule has 1 aromatic carbocycles. The van der Waals surface area contributed by atoms with Gasteiger partial charge < -0.3 is 9.15 Å². The molecule has 0 aliphatic heterocycles. The molecule has 27 heavy (non-hydrogen) atoms. The minimum atomic E-state index is -3.66. The smallest absolute Gasteiger partial charge is 0.271 e. The van der Waals surface area contributed by atoms with Crippen molar-refractivity contribution in [2.24, 2.45) is 0 Å². The summed E-state index contributed by atoms with van der Waals surface area (Å²) in [7, 11) is -3.66. The van der Waals surface area contributed by atoms with Crippen LogP contribution in [0.1, 0.15) is 38.0 Å². The lowest BCUT2D eigenvalue weighted by atomic mass is 9.85. The van der Waals surface area contributed by atoms with Crippen molar-refractivity contribution in [1.29, 1.82) is 0 Å². The standard InChI is InChI=1S/C19H20N2O4S2/c1-2-24-15-8-6-14(7-9-15)21-27(22,23)18-11-10-17(26-18)16-12-20-19(25-16)13-4-3-5-13/h6-13,21H,2-5H2,1H3. The lowest BCUT2D eigenvalue weighted by molar-refractivity contribution is 0.338. The number of hydrogen-bond donors (Lipinski definition) is 1. The summed E-state index contributed by atoms with van der Waals surface area (Å²) in [5.41, 5.74) is 0.486. The quantitative estimate of drug-likeness (QED) is 0.607. The van der Waals surface area contributed by atoms with Crippen molar-refractivity contribution in [1.82, 2.24) is 4.98 Å². The zero-order valence-electron chi connectivity index (χ0n) is 14.8. The lowest BCUT2D eigenvalue weighted by Gasteiger charge is -2.21. The van der Waals surface area contributed by atoms with Gasteiger partial charge in [0.25, 0.3) is 10.0 Å². The summed E-state index contributed by atoms with van der Waals surface area (Å²) < 4.78 is 39.3. The molecule has 142 valence electrons. The van der Waals surface area contributed by atoms with E-state index in [1.54, 1.807) is 42.6 Å². The SMILES string of the molecule is CCOc1ccc(NS(=O)(=O)c2ccc(-c3cnc(C4CCC4)o3)s2)cc1. The number of oxazole rings is 1. The van der Waals surface area contributed by atoms with Gasteiger partial charge in [-0.3, -0.25) is 4.72 Å². The van der Waals surface area contributed by atoms with Crippen molar-refractivity contribution >= 4 is 27.0 Å². The molecular formula is C19H20N2O4S2. The first kappa shape index (κ1) is 18.1. The van der Waals surface area contributed by atoms with E-state index in [1.165, 1.54) is 17.8 Å². The molecule has 6 nitrogen and oxygen atoms in total. The second-order valence-corrected chi connectivity index (χ2v) is 9.37. The molecular weight excluding hydrogens is 384 g/mol. The lowest BCUT2D eigenvalue weighted by Crippen LogP contribution is -2.11.